The summed E-state index contributed by atoms with van der Waals surface area (Å²) in [5, 5.41) is 152. The maximum absolute atomic E-state index is 8.42. The molecule has 0 aliphatic rings. The molecule has 22 nitrogen and oxygen atoms in total. The molecule has 0 aromatic heterocycles. The van der Waals surface area contributed by atoms with Gasteiger partial charge in [-0.3, -0.25) is 43.9 Å². The number of hydrogen-bond acceptors (Lipinski definition) is 18. The van der Waals surface area contributed by atoms with Gasteiger partial charge in [0.05, 0.1) is 0 Å². The molecule has 0 saturated carbocycles. The van der Waals surface area contributed by atoms with Crippen molar-refractivity contribution in [2.75, 3.05) is 0 Å². The van der Waals surface area contributed by atoms with Crippen molar-refractivity contribution >= 4 is 43.9 Å². The maximum Gasteiger partial charge on any atom is 1.00 e. The fourth-order valence-corrected chi connectivity index (χ4v) is 0. The van der Waals surface area contributed by atoms with Crippen molar-refractivity contribution < 1.29 is 644 Å². The van der Waals surface area contributed by atoms with Gasteiger partial charge in [0.25, 0.3) is 0 Å². The summed E-state index contributed by atoms with van der Waals surface area (Å²) < 4.78 is 0. The molecule has 0 heterocycles. The Morgan fingerprint density at radius 1 is 0.130 bits per heavy atom. The Balaban J connectivity index is -0.00000000297. The van der Waals surface area contributed by atoms with E-state index in [-0.39, 0.29) is 554 Å². The summed E-state index contributed by atoms with van der Waals surface area (Å²) in [6.45, 7) is 0. The van der Waals surface area contributed by atoms with Crippen molar-refractivity contribution in [1.29, 1.82) is 0 Å². The Kier molecular flexibility index (Phi) is 802. The van der Waals surface area contributed by atoms with Crippen molar-refractivity contribution in [3.8, 4) is 0 Å². The van der Waals surface area contributed by atoms with E-state index in [1.807, 2.05) is 0 Å². The third kappa shape index (κ3) is 735. The molecule has 8 N–H and O–H groups in total. The summed E-state index contributed by atoms with van der Waals surface area (Å²) in [5.74, 6) is 0. The molecular formula is H8B6Na18O22. The van der Waals surface area contributed by atoms with Crippen molar-refractivity contribution in [2.24, 2.45) is 0 Å². The van der Waals surface area contributed by atoms with E-state index in [0.29, 0.717) is 0 Å². The van der Waals surface area contributed by atoms with Crippen molar-refractivity contribution in [3.63, 3.8) is 0 Å². The zero-order valence-electron chi connectivity index (χ0n) is 30.8. The van der Waals surface area contributed by atoms with Crippen molar-refractivity contribution in [3.05, 3.63) is 0 Å². The molecule has 0 saturated heterocycles. The van der Waals surface area contributed by atoms with Gasteiger partial charge in [-0.2, -0.15) is 0 Å². The third-order valence-electron chi connectivity index (χ3n) is 0. The van der Waals surface area contributed by atoms with Crippen LogP contribution in [0.1, 0.15) is 0 Å². The third-order valence-corrected chi connectivity index (χ3v) is 0. The van der Waals surface area contributed by atoms with Crippen LogP contribution in [0.25, 0.3) is 0 Å². The standard InChI is InChI=1S/6BO3.18Na.4H2O/c6*2-1(3)4;;;;;;;;;;;;;;;;;;;;;;/h;;;;;;;;;;;;;;;;;;;;;;;;4*1H2/q6*-3;18*+1;;;;. The predicted molar refractivity (Wildman–Crippen MR) is 49.0 cm³/mol. The summed E-state index contributed by atoms with van der Waals surface area (Å²) in [5.41, 5.74) is 0. The molecule has 0 amide bonds. The minimum Gasteiger partial charge on any atom is -0.907 e. The molecule has 0 radical (unpaired) electrons. The molecule has 0 unspecified atom stereocenters. The van der Waals surface area contributed by atoms with Gasteiger partial charge in [0, 0.05) is 0 Å². The smallest absolute Gasteiger partial charge is 0.907 e. The van der Waals surface area contributed by atoms with Crippen LogP contribution in [0.3, 0.4) is 0 Å². The van der Waals surface area contributed by atoms with E-state index < -0.39 is 43.9 Å². The second kappa shape index (κ2) is 188. The van der Waals surface area contributed by atoms with Crippen LogP contribution in [-0.4, -0.2) is 65.8 Å². The molecule has 0 aromatic carbocycles. The first-order valence-electron chi connectivity index (χ1n) is 4.24. The van der Waals surface area contributed by atoms with E-state index in [2.05, 4.69) is 0 Å². The number of hydrogen-bond donors (Lipinski definition) is 0. The quantitative estimate of drug-likeness (QED) is 0.204. The molecule has 0 bridgehead atoms. The van der Waals surface area contributed by atoms with Crippen LogP contribution in [0.2, 0.25) is 0 Å². The van der Waals surface area contributed by atoms with Gasteiger partial charge in [0.1, 0.15) is 0 Å². The zero-order chi connectivity index (χ0) is 21.5. The molecule has 0 aromatic rings. The van der Waals surface area contributed by atoms with Gasteiger partial charge >= 0.3 is 532 Å². The topological polar surface area (TPSA) is 541 Å². The summed E-state index contributed by atoms with van der Waals surface area (Å²) in [6.07, 6.45) is 0. The second-order valence-corrected chi connectivity index (χ2v) is 1.73. The van der Waals surface area contributed by atoms with Gasteiger partial charge in [-0.25, -0.2) is 0 Å². The maximum atomic E-state index is 8.42. The van der Waals surface area contributed by atoms with Crippen LogP contribution >= 0.6 is 0 Å². The Hall–Kier alpha value is 17.5. The van der Waals surface area contributed by atoms with Gasteiger partial charge in [0.2, 0.25) is 0 Å². The zero-order valence-corrected chi connectivity index (χ0v) is 66.8. The Bertz CT molecular complexity index is 140. The van der Waals surface area contributed by atoms with E-state index in [4.69, 9.17) is 90.4 Å². The molecule has 0 aliphatic carbocycles. The van der Waals surface area contributed by atoms with Crippen LogP contribution in [-0.2, 0) is 0 Å². The molecule has 0 rings (SSSR count). The Morgan fingerprint density at radius 3 is 0.130 bits per heavy atom. The first-order valence-corrected chi connectivity index (χ1v) is 4.24. The SMILES string of the molecule is O.O.O.O.[Na+].[Na+].[Na+].[Na+].[Na+].[Na+].[Na+].[Na+].[Na+].[Na+].[Na+].[Na+].[Na+].[Na+].[Na+].[Na+].[Na+].[Na+].[O-]B([O-])[O-].[O-]B([O-])[O-].[O-]B([O-])[O-].[O-]B([O-])[O-].[O-]B([O-])[O-].[O-]B([O-])[O-]. The molecule has 46 heavy (non-hydrogen) atoms. The Morgan fingerprint density at radius 2 is 0.130 bits per heavy atom. The fourth-order valence-electron chi connectivity index (χ4n) is 0. The largest absolute Gasteiger partial charge is 1.00 e. The van der Waals surface area contributed by atoms with Crippen molar-refractivity contribution in [2.45, 2.75) is 0 Å². The first-order chi connectivity index (χ1) is 10.4. The minimum atomic E-state index is -2.92. The molecular weight excluding hydrogens is 831 g/mol. The van der Waals surface area contributed by atoms with Gasteiger partial charge in [0.15, 0.2) is 0 Å². The summed E-state index contributed by atoms with van der Waals surface area (Å²) >= 11 is 0. The van der Waals surface area contributed by atoms with Gasteiger partial charge in [-0.15, -0.1) is 0 Å². The average Bonchev–Trinajstić information content (AvgIpc) is 2.08. The first kappa shape index (κ1) is 197. The normalized spacial score (nSPS) is 3.52. The number of rotatable bonds is 0. The van der Waals surface area contributed by atoms with E-state index in [1.54, 1.807) is 0 Å². The van der Waals surface area contributed by atoms with Gasteiger partial charge in [-0.1, -0.05) is 0 Å². The summed E-state index contributed by atoms with van der Waals surface area (Å²) in [6, 6.07) is 0. The summed E-state index contributed by atoms with van der Waals surface area (Å²) in [4.78, 5) is 0. The van der Waals surface area contributed by atoms with Crippen molar-refractivity contribution in [1.82, 2.24) is 0 Å². The predicted octanol–water partition coefficient (Wildman–Crippen LogP) is -80.9. The van der Waals surface area contributed by atoms with Gasteiger partial charge < -0.3 is 112 Å². The average molecular weight is 839 g/mol. The van der Waals surface area contributed by atoms with E-state index in [0.717, 1.165) is 0 Å². The molecule has 176 valence electrons. The van der Waals surface area contributed by atoms with Crippen LogP contribution in [0.4, 0.5) is 0 Å². The second-order valence-electron chi connectivity index (χ2n) is 1.73. The van der Waals surface area contributed by atoms with Crippen LogP contribution in [0.15, 0.2) is 0 Å². The molecule has 46 heteroatoms. The monoisotopic (exact) mass is 840 g/mol. The minimum absolute atomic E-state index is 0. The molecule has 0 atom stereocenters. The molecule has 0 fully saturated rings. The molecule has 0 spiro atoms. The van der Waals surface area contributed by atoms with Gasteiger partial charge in [-0.05, 0) is 0 Å². The van der Waals surface area contributed by atoms with Crippen LogP contribution in [0.5, 0.6) is 0 Å². The van der Waals surface area contributed by atoms with E-state index in [9.17, 15) is 0 Å². The van der Waals surface area contributed by atoms with E-state index >= 15 is 0 Å². The molecule has 0 aliphatic heterocycles. The fraction of sp³-hybridized carbons (Fsp3) is 0. The van der Waals surface area contributed by atoms with E-state index in [1.165, 1.54) is 0 Å². The van der Waals surface area contributed by atoms with Crippen LogP contribution < -0.4 is 622 Å². The van der Waals surface area contributed by atoms with Crippen LogP contribution in [0, 0.1) is 0 Å². The Labute approximate surface area is 669 Å². The summed E-state index contributed by atoms with van der Waals surface area (Å²) in [7, 11) is -17.5.